The second-order valence-electron chi connectivity index (χ2n) is 9.47. The lowest BCUT2D eigenvalue weighted by atomic mass is 9.80. The molecule has 0 N–H and O–H groups in total. The van der Waals surface area contributed by atoms with Crippen LogP contribution in [0.1, 0.15) is 46.1 Å². The second kappa shape index (κ2) is 6.07. The molecule has 5 unspecified atom stereocenters. The van der Waals surface area contributed by atoms with E-state index in [1.165, 1.54) is 39.9 Å². The molecule has 5 rings (SSSR count). The fourth-order valence-electron chi connectivity index (χ4n) is 6.02. The Morgan fingerprint density at radius 1 is 0.778 bits per heavy atom. The molecule has 0 amide bonds. The maximum Gasteiger partial charge on any atom is 0.0885 e. The number of benzene rings is 3. The molecule has 2 bridgehead atoms. The van der Waals surface area contributed by atoms with Crippen molar-refractivity contribution in [2.24, 2.45) is 23.7 Å². The van der Waals surface area contributed by atoms with Crippen LogP contribution in [0.15, 0.2) is 54.6 Å². The smallest absolute Gasteiger partial charge is 0.0885 e. The van der Waals surface area contributed by atoms with Gasteiger partial charge in [-0.05, 0) is 77.5 Å². The van der Waals surface area contributed by atoms with E-state index in [9.17, 15) is 0 Å². The number of hydrogen-bond acceptors (Lipinski definition) is 1. The summed E-state index contributed by atoms with van der Waals surface area (Å²) in [6.45, 7) is 9.39. The van der Waals surface area contributed by atoms with Crippen LogP contribution in [-0.2, 0) is 10.3 Å². The van der Waals surface area contributed by atoms with Gasteiger partial charge < -0.3 is 4.74 Å². The predicted molar refractivity (Wildman–Crippen MR) is 114 cm³/mol. The van der Waals surface area contributed by atoms with Gasteiger partial charge in [-0.3, -0.25) is 0 Å². The molecule has 1 heteroatoms. The highest BCUT2D eigenvalue weighted by atomic mass is 16.5. The van der Waals surface area contributed by atoms with Crippen LogP contribution in [0.4, 0.5) is 0 Å². The molecular weight excluding hydrogens is 328 g/mol. The van der Waals surface area contributed by atoms with Gasteiger partial charge in [-0.2, -0.15) is 0 Å². The van der Waals surface area contributed by atoms with Crippen molar-refractivity contribution >= 4 is 21.5 Å². The standard InChI is InChI=1S/C26H30O/c1-16-17(2)23-14-19(16)15-25(23)27-26(3,4)24-11-7-10-21-20-9-6-5-8-18(20)12-13-22(21)24/h5-13,16-17,19,23,25H,14-15H2,1-4H3. The van der Waals surface area contributed by atoms with Crippen molar-refractivity contribution in [2.75, 3.05) is 0 Å². The summed E-state index contributed by atoms with van der Waals surface area (Å²) in [7, 11) is 0. The summed E-state index contributed by atoms with van der Waals surface area (Å²) in [5, 5.41) is 5.29. The zero-order valence-corrected chi connectivity index (χ0v) is 16.9. The van der Waals surface area contributed by atoms with Crippen LogP contribution < -0.4 is 0 Å². The monoisotopic (exact) mass is 358 g/mol. The van der Waals surface area contributed by atoms with Crippen molar-refractivity contribution in [1.82, 2.24) is 0 Å². The Morgan fingerprint density at radius 3 is 2.33 bits per heavy atom. The second-order valence-corrected chi connectivity index (χ2v) is 9.47. The zero-order chi connectivity index (χ0) is 18.8. The minimum atomic E-state index is -0.278. The van der Waals surface area contributed by atoms with Gasteiger partial charge in [0.05, 0.1) is 11.7 Å². The van der Waals surface area contributed by atoms with Crippen molar-refractivity contribution in [3.05, 3.63) is 60.2 Å². The molecule has 2 saturated carbocycles. The third-order valence-corrected chi connectivity index (χ3v) is 7.72. The van der Waals surface area contributed by atoms with Gasteiger partial charge in [0, 0.05) is 0 Å². The van der Waals surface area contributed by atoms with Crippen LogP contribution in [-0.4, -0.2) is 6.10 Å². The Labute approximate surface area is 162 Å². The summed E-state index contributed by atoms with van der Waals surface area (Å²) in [4.78, 5) is 0. The van der Waals surface area contributed by atoms with Crippen LogP contribution in [0.5, 0.6) is 0 Å². The van der Waals surface area contributed by atoms with Crippen LogP contribution >= 0.6 is 0 Å². The molecule has 0 aliphatic heterocycles. The number of ether oxygens (including phenoxy) is 1. The van der Waals surface area contributed by atoms with Gasteiger partial charge in [-0.15, -0.1) is 0 Å². The van der Waals surface area contributed by atoms with E-state index in [4.69, 9.17) is 4.74 Å². The molecule has 3 aromatic carbocycles. The Morgan fingerprint density at radius 2 is 1.56 bits per heavy atom. The Balaban J connectivity index is 1.54. The predicted octanol–water partition coefficient (Wildman–Crippen LogP) is 6.93. The molecule has 0 radical (unpaired) electrons. The molecule has 0 saturated heterocycles. The van der Waals surface area contributed by atoms with Gasteiger partial charge in [-0.1, -0.05) is 68.4 Å². The van der Waals surface area contributed by atoms with Crippen molar-refractivity contribution in [3.63, 3.8) is 0 Å². The third-order valence-electron chi connectivity index (χ3n) is 7.72. The average molecular weight is 359 g/mol. The fourth-order valence-corrected chi connectivity index (χ4v) is 6.02. The number of rotatable bonds is 3. The first-order valence-electron chi connectivity index (χ1n) is 10.5. The average Bonchev–Trinajstić information content (AvgIpc) is 3.19. The number of hydrogen-bond donors (Lipinski definition) is 0. The fraction of sp³-hybridized carbons (Fsp3) is 0.462. The van der Waals surface area contributed by atoms with Crippen molar-refractivity contribution in [1.29, 1.82) is 0 Å². The van der Waals surface area contributed by atoms with Gasteiger partial charge in [0.1, 0.15) is 0 Å². The quantitative estimate of drug-likeness (QED) is 0.461. The summed E-state index contributed by atoms with van der Waals surface area (Å²) in [5.41, 5.74) is 1.04. The minimum Gasteiger partial charge on any atom is -0.367 e. The summed E-state index contributed by atoms with van der Waals surface area (Å²) in [6.07, 6.45) is 3.02. The molecule has 2 aliphatic rings. The van der Waals surface area contributed by atoms with E-state index in [0.717, 1.165) is 23.7 Å². The SMILES string of the molecule is CC1C2CC(OC(C)(C)c3cccc4c3ccc3ccccc34)C(C2)C1C. The molecule has 0 aromatic heterocycles. The molecule has 5 atom stereocenters. The van der Waals surface area contributed by atoms with Gasteiger partial charge in [0.2, 0.25) is 0 Å². The molecule has 3 aromatic rings. The molecule has 2 fully saturated rings. The normalized spacial score (nSPS) is 30.4. The maximum atomic E-state index is 6.86. The summed E-state index contributed by atoms with van der Waals surface area (Å²) in [5.74, 6) is 3.25. The molecular formula is C26H30O. The van der Waals surface area contributed by atoms with Gasteiger partial charge in [0.25, 0.3) is 0 Å². The summed E-state index contributed by atoms with van der Waals surface area (Å²) < 4.78 is 6.86. The van der Waals surface area contributed by atoms with Gasteiger partial charge >= 0.3 is 0 Å². The molecule has 0 spiro atoms. The van der Waals surface area contributed by atoms with E-state index >= 15 is 0 Å². The van der Waals surface area contributed by atoms with E-state index in [2.05, 4.69) is 82.3 Å². The molecule has 2 aliphatic carbocycles. The summed E-state index contributed by atoms with van der Waals surface area (Å²) in [6, 6.07) is 19.9. The van der Waals surface area contributed by atoms with Crippen molar-refractivity contribution < 1.29 is 4.74 Å². The minimum absolute atomic E-state index is 0.278. The van der Waals surface area contributed by atoms with E-state index in [-0.39, 0.29) is 5.60 Å². The molecule has 27 heavy (non-hydrogen) atoms. The first-order valence-corrected chi connectivity index (χ1v) is 10.5. The summed E-state index contributed by atoms with van der Waals surface area (Å²) >= 11 is 0. The van der Waals surface area contributed by atoms with E-state index in [0.29, 0.717) is 6.10 Å². The molecule has 0 heterocycles. The van der Waals surface area contributed by atoms with Crippen molar-refractivity contribution in [2.45, 2.75) is 52.2 Å². The van der Waals surface area contributed by atoms with Crippen LogP contribution in [0.3, 0.4) is 0 Å². The highest BCUT2D eigenvalue weighted by Gasteiger charge is 2.50. The lowest BCUT2D eigenvalue weighted by molar-refractivity contribution is -0.109. The molecule has 140 valence electrons. The van der Waals surface area contributed by atoms with Crippen LogP contribution in [0, 0.1) is 23.7 Å². The largest absolute Gasteiger partial charge is 0.367 e. The lowest BCUT2D eigenvalue weighted by Gasteiger charge is -2.38. The zero-order valence-electron chi connectivity index (χ0n) is 16.9. The Kier molecular flexibility index (Phi) is 3.88. The first kappa shape index (κ1) is 17.3. The highest BCUT2D eigenvalue weighted by molar-refractivity contribution is 6.08. The van der Waals surface area contributed by atoms with Crippen LogP contribution in [0.25, 0.3) is 21.5 Å². The van der Waals surface area contributed by atoms with Crippen LogP contribution in [0.2, 0.25) is 0 Å². The first-order chi connectivity index (χ1) is 13.0. The van der Waals surface area contributed by atoms with Gasteiger partial charge in [-0.25, -0.2) is 0 Å². The van der Waals surface area contributed by atoms with E-state index in [1.807, 2.05) is 0 Å². The molecule has 1 nitrogen and oxygen atoms in total. The van der Waals surface area contributed by atoms with E-state index in [1.54, 1.807) is 0 Å². The van der Waals surface area contributed by atoms with Crippen molar-refractivity contribution in [3.8, 4) is 0 Å². The van der Waals surface area contributed by atoms with Gasteiger partial charge in [0.15, 0.2) is 0 Å². The third kappa shape index (κ3) is 2.63. The van der Waals surface area contributed by atoms with E-state index < -0.39 is 0 Å². The maximum absolute atomic E-state index is 6.86. The Hall–Kier alpha value is -1.86. The number of fused-ring (bicyclic) bond motifs is 5. The lowest BCUT2D eigenvalue weighted by Crippen LogP contribution is -2.36. The topological polar surface area (TPSA) is 9.23 Å². The Bertz CT molecular complexity index is 999. The highest BCUT2D eigenvalue weighted by Crippen LogP contribution is 2.54.